The maximum atomic E-state index is 12.8. The molecule has 0 radical (unpaired) electrons. The Morgan fingerprint density at radius 1 is 1.23 bits per heavy atom. The van der Waals surface area contributed by atoms with Crippen molar-refractivity contribution in [3.8, 4) is 0 Å². The highest BCUT2D eigenvalue weighted by molar-refractivity contribution is 7.91. The molecule has 2 heterocycles. The Balaban J connectivity index is 1.83. The van der Waals surface area contributed by atoms with Crippen molar-refractivity contribution in [1.82, 2.24) is 14.9 Å². The Bertz CT molecular complexity index is 943. The summed E-state index contributed by atoms with van der Waals surface area (Å²) < 4.78 is 23.3. The van der Waals surface area contributed by atoms with Gasteiger partial charge in [-0.05, 0) is 31.9 Å². The first-order valence-corrected chi connectivity index (χ1v) is 10.2. The maximum absolute atomic E-state index is 12.8. The minimum Gasteiger partial charge on any atom is -0.340 e. The summed E-state index contributed by atoms with van der Waals surface area (Å²) in [5.74, 6) is 0.832. The van der Waals surface area contributed by atoms with Gasteiger partial charge in [-0.1, -0.05) is 18.2 Å². The smallest absolute Gasteiger partial charge is 0.272 e. The van der Waals surface area contributed by atoms with E-state index in [1.165, 1.54) is 4.90 Å². The lowest BCUT2D eigenvalue weighted by Crippen LogP contribution is -2.38. The Hall–Kier alpha value is -2.48. The first-order valence-electron chi connectivity index (χ1n) is 8.41. The van der Waals surface area contributed by atoms with Gasteiger partial charge in [-0.25, -0.2) is 18.4 Å². The van der Waals surface area contributed by atoms with Gasteiger partial charge in [0.2, 0.25) is 0 Å². The second-order valence-electron chi connectivity index (χ2n) is 6.60. The number of aryl methyl sites for hydroxylation is 2. The zero-order valence-electron chi connectivity index (χ0n) is 15.1. The van der Waals surface area contributed by atoms with Gasteiger partial charge in [0.1, 0.15) is 17.3 Å². The van der Waals surface area contributed by atoms with E-state index in [0.29, 0.717) is 18.1 Å². The zero-order valence-corrected chi connectivity index (χ0v) is 15.9. The summed E-state index contributed by atoms with van der Waals surface area (Å²) >= 11 is 0. The van der Waals surface area contributed by atoms with Crippen LogP contribution < -0.4 is 5.32 Å². The van der Waals surface area contributed by atoms with E-state index in [2.05, 4.69) is 15.3 Å². The summed E-state index contributed by atoms with van der Waals surface area (Å²) in [5, 5.41) is 3.21. The minimum absolute atomic E-state index is 0.00756. The molecule has 1 amide bonds. The molecule has 0 saturated carbocycles. The van der Waals surface area contributed by atoms with E-state index in [-0.39, 0.29) is 29.1 Å². The fourth-order valence-corrected chi connectivity index (χ4v) is 4.79. The van der Waals surface area contributed by atoms with Gasteiger partial charge < -0.3 is 10.2 Å². The third kappa shape index (κ3) is 4.01. The van der Waals surface area contributed by atoms with Crippen molar-refractivity contribution >= 4 is 27.2 Å². The van der Waals surface area contributed by atoms with Crippen LogP contribution in [0.5, 0.6) is 0 Å². The van der Waals surface area contributed by atoms with Crippen LogP contribution in [0.3, 0.4) is 0 Å². The standard InChI is InChI=1S/C18H22N4O3S/c1-12-6-4-5-7-15(12)21-17-10-16(19-13(2)20-17)18(23)22(3)14-8-9-26(24,25)11-14/h4-7,10,14H,8-9,11H2,1-3H3,(H,19,20,21). The Kier molecular flexibility index (Phi) is 4.95. The molecule has 0 aliphatic carbocycles. The number of carbonyl (C=O) groups excluding carboxylic acids is 1. The highest BCUT2D eigenvalue weighted by atomic mass is 32.2. The van der Waals surface area contributed by atoms with Crippen molar-refractivity contribution < 1.29 is 13.2 Å². The molecule has 1 saturated heterocycles. The Morgan fingerprint density at radius 2 is 1.96 bits per heavy atom. The summed E-state index contributed by atoms with van der Waals surface area (Å²) in [6.07, 6.45) is 0.461. The molecule has 1 aliphatic rings. The molecule has 1 aromatic carbocycles. The van der Waals surface area contributed by atoms with Crippen LogP contribution in [0.15, 0.2) is 30.3 Å². The normalized spacial score (nSPS) is 18.5. The van der Waals surface area contributed by atoms with Crippen molar-refractivity contribution in [1.29, 1.82) is 0 Å². The molecule has 0 bridgehead atoms. The average Bonchev–Trinajstić information content (AvgIpc) is 2.95. The van der Waals surface area contributed by atoms with Crippen molar-refractivity contribution in [2.45, 2.75) is 26.3 Å². The monoisotopic (exact) mass is 374 g/mol. The molecule has 1 aliphatic heterocycles. The highest BCUT2D eigenvalue weighted by Gasteiger charge is 2.33. The number of aromatic nitrogens is 2. The fraction of sp³-hybridized carbons (Fsp3) is 0.389. The number of carbonyl (C=O) groups is 1. The molecule has 26 heavy (non-hydrogen) atoms. The van der Waals surface area contributed by atoms with E-state index in [4.69, 9.17) is 0 Å². The van der Waals surface area contributed by atoms with Gasteiger partial charge >= 0.3 is 0 Å². The van der Waals surface area contributed by atoms with Crippen LogP contribution in [0.2, 0.25) is 0 Å². The largest absolute Gasteiger partial charge is 0.340 e. The van der Waals surface area contributed by atoms with Crippen LogP contribution in [0, 0.1) is 13.8 Å². The Labute approximate surface area is 153 Å². The number of amides is 1. The number of hydrogen-bond donors (Lipinski definition) is 1. The number of sulfone groups is 1. The van der Waals surface area contributed by atoms with Gasteiger partial charge in [-0.3, -0.25) is 4.79 Å². The summed E-state index contributed by atoms with van der Waals surface area (Å²) in [6.45, 7) is 3.70. The van der Waals surface area contributed by atoms with Crippen LogP contribution in [0.1, 0.15) is 28.3 Å². The van der Waals surface area contributed by atoms with Crippen LogP contribution in [0.4, 0.5) is 11.5 Å². The van der Waals surface area contributed by atoms with Crippen LogP contribution in [-0.2, 0) is 9.84 Å². The number of anilines is 2. The van der Waals surface area contributed by atoms with Gasteiger partial charge in [0, 0.05) is 24.8 Å². The zero-order chi connectivity index (χ0) is 18.9. The molecular weight excluding hydrogens is 352 g/mol. The second kappa shape index (κ2) is 7.03. The van der Waals surface area contributed by atoms with Crippen molar-refractivity contribution in [3.63, 3.8) is 0 Å². The predicted octanol–water partition coefficient (Wildman–Crippen LogP) is 2.10. The predicted molar refractivity (Wildman–Crippen MR) is 100 cm³/mol. The van der Waals surface area contributed by atoms with Gasteiger partial charge in [0.15, 0.2) is 9.84 Å². The van der Waals surface area contributed by atoms with Gasteiger partial charge in [0.05, 0.1) is 11.5 Å². The number of hydrogen-bond acceptors (Lipinski definition) is 6. The number of benzene rings is 1. The van der Waals surface area contributed by atoms with Crippen LogP contribution in [-0.4, -0.2) is 53.8 Å². The molecule has 1 fully saturated rings. The molecular formula is C18H22N4O3S. The molecule has 138 valence electrons. The van der Waals surface area contributed by atoms with Gasteiger partial charge in [-0.15, -0.1) is 0 Å². The van der Waals surface area contributed by atoms with E-state index >= 15 is 0 Å². The van der Waals surface area contributed by atoms with E-state index in [1.807, 2.05) is 31.2 Å². The number of para-hydroxylation sites is 1. The molecule has 1 aromatic heterocycles. The van der Waals surface area contributed by atoms with E-state index in [1.54, 1.807) is 20.0 Å². The number of rotatable bonds is 4. The summed E-state index contributed by atoms with van der Waals surface area (Å²) in [7, 11) is -1.43. The van der Waals surface area contributed by atoms with Gasteiger partial charge in [0.25, 0.3) is 5.91 Å². The van der Waals surface area contributed by atoms with E-state index < -0.39 is 9.84 Å². The number of nitrogens with zero attached hydrogens (tertiary/aromatic N) is 3. The minimum atomic E-state index is -3.06. The van der Waals surface area contributed by atoms with Crippen LogP contribution >= 0.6 is 0 Å². The van der Waals surface area contributed by atoms with Crippen molar-refractivity contribution in [2.24, 2.45) is 0 Å². The lowest BCUT2D eigenvalue weighted by molar-refractivity contribution is 0.0741. The molecule has 1 N–H and O–H groups in total. The molecule has 0 spiro atoms. The molecule has 8 heteroatoms. The van der Waals surface area contributed by atoms with Crippen molar-refractivity contribution in [2.75, 3.05) is 23.9 Å². The SMILES string of the molecule is Cc1nc(Nc2ccccc2C)cc(C(=O)N(C)C2CCS(=O)(=O)C2)n1. The third-order valence-electron chi connectivity index (χ3n) is 4.54. The molecule has 2 aromatic rings. The Morgan fingerprint density at radius 3 is 2.62 bits per heavy atom. The maximum Gasteiger partial charge on any atom is 0.272 e. The number of nitrogens with one attached hydrogen (secondary N) is 1. The van der Waals surface area contributed by atoms with Gasteiger partial charge in [-0.2, -0.15) is 0 Å². The average molecular weight is 374 g/mol. The molecule has 1 atom stereocenters. The molecule has 1 unspecified atom stereocenters. The quantitative estimate of drug-likeness (QED) is 0.881. The fourth-order valence-electron chi connectivity index (χ4n) is 3.02. The lowest BCUT2D eigenvalue weighted by Gasteiger charge is -2.23. The van der Waals surface area contributed by atoms with E-state index in [9.17, 15) is 13.2 Å². The molecule has 3 rings (SSSR count). The third-order valence-corrected chi connectivity index (χ3v) is 6.29. The topological polar surface area (TPSA) is 92.3 Å². The lowest BCUT2D eigenvalue weighted by atomic mass is 10.2. The summed E-state index contributed by atoms with van der Waals surface area (Å²) in [4.78, 5) is 22.8. The molecule has 7 nitrogen and oxygen atoms in total. The van der Waals surface area contributed by atoms with Crippen LogP contribution in [0.25, 0.3) is 0 Å². The highest BCUT2D eigenvalue weighted by Crippen LogP contribution is 2.21. The first-order chi connectivity index (χ1) is 12.2. The van der Waals surface area contributed by atoms with E-state index in [0.717, 1.165) is 11.3 Å². The first kappa shape index (κ1) is 18.3. The summed E-state index contributed by atoms with van der Waals surface area (Å²) in [6, 6.07) is 9.08. The van der Waals surface area contributed by atoms with Crippen molar-refractivity contribution in [3.05, 3.63) is 47.4 Å². The second-order valence-corrected chi connectivity index (χ2v) is 8.83. The summed E-state index contributed by atoms with van der Waals surface area (Å²) in [5.41, 5.74) is 2.21.